The van der Waals surface area contributed by atoms with E-state index in [1.54, 1.807) is 14.2 Å². The summed E-state index contributed by atoms with van der Waals surface area (Å²) in [6, 6.07) is 4.33. The van der Waals surface area contributed by atoms with Gasteiger partial charge in [0.15, 0.2) is 0 Å². The molecular formula is C19H34ClNO2. The van der Waals surface area contributed by atoms with E-state index in [2.05, 4.69) is 19.1 Å². The number of methoxy groups -OCH3 is 2. The number of hydrogen-bond donors (Lipinski definition) is 1. The molecule has 4 heteroatoms. The highest BCUT2D eigenvalue weighted by molar-refractivity contribution is 5.85. The van der Waals surface area contributed by atoms with Crippen molar-refractivity contribution in [2.24, 2.45) is 5.73 Å². The molecule has 0 aliphatic carbocycles. The fourth-order valence-electron chi connectivity index (χ4n) is 2.82. The lowest BCUT2D eigenvalue weighted by atomic mass is 9.99. The van der Waals surface area contributed by atoms with E-state index in [4.69, 9.17) is 15.2 Å². The fraction of sp³-hybridized carbons (Fsp3) is 0.684. The summed E-state index contributed by atoms with van der Waals surface area (Å²) in [7, 11) is 3.46. The zero-order valence-corrected chi connectivity index (χ0v) is 16.0. The lowest BCUT2D eigenvalue weighted by molar-refractivity contribution is 0.393. The minimum absolute atomic E-state index is 0. The van der Waals surface area contributed by atoms with E-state index in [0.29, 0.717) is 0 Å². The molecule has 0 spiro atoms. The first kappa shape index (κ1) is 22.1. The molecule has 0 aromatic heterocycles. The van der Waals surface area contributed by atoms with Crippen molar-refractivity contribution in [3.8, 4) is 11.5 Å². The van der Waals surface area contributed by atoms with Gasteiger partial charge < -0.3 is 15.2 Å². The Kier molecular flexibility index (Phi) is 12.0. The normalized spacial score (nSPS) is 11.7. The molecule has 0 amide bonds. The maximum absolute atomic E-state index is 5.92. The lowest BCUT2D eigenvalue weighted by Crippen LogP contribution is -2.18. The Bertz CT molecular complexity index is 436. The minimum atomic E-state index is 0. The Morgan fingerprint density at radius 2 is 1.43 bits per heavy atom. The van der Waals surface area contributed by atoms with Gasteiger partial charge in [-0.25, -0.2) is 0 Å². The van der Waals surface area contributed by atoms with Crippen molar-refractivity contribution in [1.29, 1.82) is 0 Å². The van der Waals surface area contributed by atoms with Crippen LogP contribution < -0.4 is 15.2 Å². The number of nitrogens with two attached hydrogens (primary N) is 1. The number of unbranched alkanes of at least 4 members (excludes halogenated alkanes) is 5. The SMILES string of the molecule is CCCCCCCCc1cc(OC)c(CC(C)N)cc1OC.Cl. The summed E-state index contributed by atoms with van der Waals surface area (Å²) in [6.07, 6.45) is 9.67. The number of rotatable bonds is 11. The second-order valence-electron chi connectivity index (χ2n) is 6.18. The van der Waals surface area contributed by atoms with Gasteiger partial charge in [0, 0.05) is 6.04 Å². The summed E-state index contributed by atoms with van der Waals surface area (Å²) in [4.78, 5) is 0. The van der Waals surface area contributed by atoms with E-state index in [1.807, 2.05) is 6.92 Å². The zero-order valence-electron chi connectivity index (χ0n) is 15.2. The van der Waals surface area contributed by atoms with Gasteiger partial charge in [-0.2, -0.15) is 0 Å². The van der Waals surface area contributed by atoms with Crippen LogP contribution in [0.15, 0.2) is 12.1 Å². The molecule has 0 bridgehead atoms. The molecule has 0 saturated carbocycles. The first-order valence-corrected chi connectivity index (χ1v) is 8.61. The van der Waals surface area contributed by atoms with Gasteiger partial charge in [0.2, 0.25) is 0 Å². The molecule has 2 N–H and O–H groups in total. The number of ether oxygens (including phenoxy) is 2. The van der Waals surface area contributed by atoms with Crippen LogP contribution in [0.3, 0.4) is 0 Å². The van der Waals surface area contributed by atoms with E-state index in [-0.39, 0.29) is 18.4 Å². The first-order chi connectivity index (χ1) is 10.6. The van der Waals surface area contributed by atoms with Crippen molar-refractivity contribution in [1.82, 2.24) is 0 Å². The van der Waals surface area contributed by atoms with Crippen LogP contribution in [0.4, 0.5) is 0 Å². The largest absolute Gasteiger partial charge is 0.496 e. The number of hydrogen-bond acceptors (Lipinski definition) is 3. The Labute approximate surface area is 148 Å². The average molecular weight is 344 g/mol. The molecule has 1 aromatic rings. The summed E-state index contributed by atoms with van der Waals surface area (Å²) in [6.45, 7) is 4.26. The Balaban J connectivity index is 0.00000484. The molecule has 3 nitrogen and oxygen atoms in total. The van der Waals surface area contributed by atoms with Crippen molar-refractivity contribution in [2.45, 2.75) is 71.3 Å². The molecule has 0 aliphatic rings. The van der Waals surface area contributed by atoms with Gasteiger partial charge >= 0.3 is 0 Å². The third-order valence-electron chi connectivity index (χ3n) is 4.03. The van der Waals surface area contributed by atoms with Gasteiger partial charge in [-0.15, -0.1) is 12.4 Å². The quantitative estimate of drug-likeness (QED) is 0.580. The predicted molar refractivity (Wildman–Crippen MR) is 101 cm³/mol. The summed E-state index contributed by atoms with van der Waals surface area (Å²) >= 11 is 0. The molecular weight excluding hydrogens is 310 g/mol. The van der Waals surface area contributed by atoms with E-state index in [1.165, 1.54) is 44.1 Å². The second-order valence-corrected chi connectivity index (χ2v) is 6.18. The molecule has 23 heavy (non-hydrogen) atoms. The average Bonchev–Trinajstić information content (AvgIpc) is 2.50. The van der Waals surface area contributed by atoms with Gasteiger partial charge in [0.1, 0.15) is 11.5 Å². The minimum Gasteiger partial charge on any atom is -0.496 e. The summed E-state index contributed by atoms with van der Waals surface area (Å²) in [5.41, 5.74) is 8.28. The third kappa shape index (κ3) is 7.94. The van der Waals surface area contributed by atoms with Gasteiger partial charge in [0.25, 0.3) is 0 Å². The molecule has 0 saturated heterocycles. The standard InChI is InChI=1S/C19H33NO2.ClH/c1-5-6-7-8-9-10-11-16-13-19(22-4)17(12-15(2)20)14-18(16)21-3;/h13-15H,5-12,20H2,1-4H3;1H. The molecule has 0 fully saturated rings. The number of benzene rings is 1. The lowest BCUT2D eigenvalue weighted by Gasteiger charge is -2.16. The highest BCUT2D eigenvalue weighted by atomic mass is 35.5. The molecule has 0 radical (unpaired) electrons. The van der Waals surface area contributed by atoms with E-state index in [9.17, 15) is 0 Å². The fourth-order valence-corrected chi connectivity index (χ4v) is 2.82. The molecule has 0 heterocycles. The van der Waals surface area contributed by atoms with Crippen LogP contribution in [0, 0.1) is 0 Å². The van der Waals surface area contributed by atoms with Crippen molar-refractivity contribution >= 4 is 12.4 Å². The highest BCUT2D eigenvalue weighted by Gasteiger charge is 2.12. The summed E-state index contributed by atoms with van der Waals surface area (Å²) < 4.78 is 11.1. The maximum atomic E-state index is 5.92. The highest BCUT2D eigenvalue weighted by Crippen LogP contribution is 2.31. The Hall–Kier alpha value is -0.930. The van der Waals surface area contributed by atoms with E-state index in [0.717, 1.165) is 29.9 Å². The van der Waals surface area contributed by atoms with Gasteiger partial charge in [-0.3, -0.25) is 0 Å². The van der Waals surface area contributed by atoms with Crippen LogP contribution in [-0.2, 0) is 12.8 Å². The number of halogens is 1. The van der Waals surface area contributed by atoms with Gasteiger partial charge in [-0.05, 0) is 49.4 Å². The van der Waals surface area contributed by atoms with Crippen molar-refractivity contribution < 1.29 is 9.47 Å². The van der Waals surface area contributed by atoms with Crippen molar-refractivity contribution in [2.75, 3.05) is 14.2 Å². The molecule has 1 atom stereocenters. The smallest absolute Gasteiger partial charge is 0.122 e. The Morgan fingerprint density at radius 3 is 2.00 bits per heavy atom. The van der Waals surface area contributed by atoms with Crippen molar-refractivity contribution in [3.05, 3.63) is 23.3 Å². The number of aryl methyl sites for hydroxylation is 1. The van der Waals surface area contributed by atoms with E-state index < -0.39 is 0 Å². The Morgan fingerprint density at radius 1 is 0.913 bits per heavy atom. The topological polar surface area (TPSA) is 44.5 Å². The molecule has 0 aliphatic heterocycles. The van der Waals surface area contributed by atoms with Crippen LogP contribution >= 0.6 is 12.4 Å². The van der Waals surface area contributed by atoms with E-state index >= 15 is 0 Å². The van der Waals surface area contributed by atoms with Crippen LogP contribution in [0.25, 0.3) is 0 Å². The summed E-state index contributed by atoms with van der Waals surface area (Å²) in [5.74, 6) is 1.89. The predicted octanol–water partition coefficient (Wildman–Crippen LogP) is 4.92. The van der Waals surface area contributed by atoms with Crippen molar-refractivity contribution in [3.63, 3.8) is 0 Å². The molecule has 1 rings (SSSR count). The van der Waals surface area contributed by atoms with Crippen LogP contribution in [0.5, 0.6) is 11.5 Å². The monoisotopic (exact) mass is 343 g/mol. The molecule has 1 unspecified atom stereocenters. The van der Waals surface area contributed by atoms with Crippen LogP contribution in [-0.4, -0.2) is 20.3 Å². The molecule has 1 aromatic carbocycles. The van der Waals surface area contributed by atoms with Crippen LogP contribution in [0.2, 0.25) is 0 Å². The summed E-state index contributed by atoms with van der Waals surface area (Å²) in [5, 5.41) is 0. The zero-order chi connectivity index (χ0) is 16.4. The second kappa shape index (κ2) is 12.5. The van der Waals surface area contributed by atoms with Crippen LogP contribution in [0.1, 0.15) is 63.5 Å². The third-order valence-corrected chi connectivity index (χ3v) is 4.03. The molecule has 134 valence electrons. The van der Waals surface area contributed by atoms with Gasteiger partial charge in [-0.1, -0.05) is 39.0 Å². The maximum Gasteiger partial charge on any atom is 0.122 e. The van der Waals surface area contributed by atoms with Gasteiger partial charge in [0.05, 0.1) is 14.2 Å². The first-order valence-electron chi connectivity index (χ1n) is 8.61.